The van der Waals surface area contributed by atoms with Crippen molar-refractivity contribution < 1.29 is 32.6 Å². The lowest BCUT2D eigenvalue weighted by molar-refractivity contribution is -0.134. The number of ether oxygens (including phenoxy) is 2. The number of aliphatic carboxylic acids is 1. The topological polar surface area (TPSA) is 132 Å². The number of hydrogen-bond donors (Lipinski definition) is 2. The molecule has 2 aromatic carbocycles. The molecule has 1 heterocycles. The predicted octanol–water partition coefficient (Wildman–Crippen LogP) is 3.83. The Morgan fingerprint density at radius 3 is 2.44 bits per heavy atom. The van der Waals surface area contributed by atoms with Crippen molar-refractivity contribution in [2.24, 2.45) is 0 Å². The largest absolute Gasteiger partial charge is 0.491 e. The first-order valence-corrected chi connectivity index (χ1v) is 11.9. The Kier molecular flexibility index (Phi) is 7.11. The van der Waals surface area contributed by atoms with Gasteiger partial charge in [0, 0.05) is 11.6 Å². The van der Waals surface area contributed by atoms with Crippen molar-refractivity contribution in [1.82, 2.24) is 4.98 Å². The lowest BCUT2D eigenvalue weighted by Gasteiger charge is -2.14. The van der Waals surface area contributed by atoms with E-state index in [4.69, 9.17) is 14.6 Å². The zero-order chi connectivity index (χ0) is 23.3. The minimum absolute atomic E-state index is 0.0136. The van der Waals surface area contributed by atoms with Crippen LogP contribution in [0.25, 0.3) is 0 Å². The van der Waals surface area contributed by atoms with Crippen molar-refractivity contribution in [2.75, 3.05) is 11.1 Å². The summed E-state index contributed by atoms with van der Waals surface area (Å²) in [6, 6.07) is 13.7. The quantitative estimate of drug-likeness (QED) is 0.476. The van der Waals surface area contributed by atoms with Crippen molar-refractivity contribution in [2.45, 2.75) is 24.2 Å². The van der Waals surface area contributed by atoms with Gasteiger partial charge in [0.05, 0.1) is 12.3 Å². The molecule has 32 heavy (non-hydrogen) atoms. The van der Waals surface area contributed by atoms with Crippen LogP contribution < -0.4 is 14.8 Å². The van der Waals surface area contributed by atoms with Crippen LogP contribution in [0.4, 0.5) is 5.13 Å². The number of sulfone groups is 1. The van der Waals surface area contributed by atoms with Crippen LogP contribution in [0.1, 0.15) is 24.2 Å². The summed E-state index contributed by atoms with van der Waals surface area (Å²) in [7, 11) is -4.04. The minimum Gasteiger partial charge on any atom is -0.491 e. The van der Waals surface area contributed by atoms with Gasteiger partial charge in [-0.15, -0.1) is 0 Å². The van der Waals surface area contributed by atoms with E-state index in [1.54, 1.807) is 18.2 Å². The molecule has 0 fully saturated rings. The zero-order valence-corrected chi connectivity index (χ0v) is 18.8. The van der Waals surface area contributed by atoms with E-state index in [-0.39, 0.29) is 21.0 Å². The number of hydrogen-bond acceptors (Lipinski definition) is 8. The first-order chi connectivity index (χ1) is 15.1. The van der Waals surface area contributed by atoms with Crippen LogP contribution in [-0.4, -0.2) is 42.2 Å². The summed E-state index contributed by atoms with van der Waals surface area (Å²) >= 11 is 0.670. The van der Waals surface area contributed by atoms with Gasteiger partial charge in [-0.1, -0.05) is 29.5 Å². The Morgan fingerprint density at radius 2 is 1.78 bits per heavy atom. The third-order valence-electron chi connectivity index (χ3n) is 3.82. The number of rotatable bonds is 9. The monoisotopic (exact) mass is 476 g/mol. The molecule has 11 heteroatoms. The van der Waals surface area contributed by atoms with Crippen LogP contribution in [0.15, 0.2) is 58.9 Å². The van der Waals surface area contributed by atoms with E-state index in [0.29, 0.717) is 28.6 Å². The van der Waals surface area contributed by atoms with Gasteiger partial charge in [-0.25, -0.2) is 13.4 Å². The number of para-hydroxylation sites is 1. The van der Waals surface area contributed by atoms with Gasteiger partial charge in [0.25, 0.3) is 5.91 Å². The molecule has 3 aromatic rings. The summed E-state index contributed by atoms with van der Waals surface area (Å²) in [6.07, 6.45) is 0.875. The highest BCUT2D eigenvalue weighted by molar-refractivity contribution is 7.94. The average Bonchev–Trinajstić information content (AvgIpc) is 3.16. The summed E-state index contributed by atoms with van der Waals surface area (Å²) in [6.45, 7) is 3.69. The van der Waals surface area contributed by atoms with Crippen LogP contribution in [0.2, 0.25) is 0 Å². The second-order valence-corrected chi connectivity index (χ2v) is 10.1. The number of benzene rings is 2. The van der Waals surface area contributed by atoms with Gasteiger partial charge in [-0.3, -0.25) is 14.9 Å². The Bertz CT molecular complexity index is 1220. The molecule has 168 valence electrons. The highest BCUT2D eigenvalue weighted by atomic mass is 32.2. The first-order valence-electron chi connectivity index (χ1n) is 9.39. The van der Waals surface area contributed by atoms with E-state index in [9.17, 15) is 18.0 Å². The number of carboxylic acid groups (broad SMARTS) is 1. The molecule has 1 amide bonds. The van der Waals surface area contributed by atoms with Gasteiger partial charge >= 0.3 is 5.97 Å². The molecule has 0 saturated carbocycles. The summed E-state index contributed by atoms with van der Waals surface area (Å²) in [5.74, 6) is -1.72. The van der Waals surface area contributed by atoms with Gasteiger partial charge in [0.2, 0.25) is 0 Å². The average molecular weight is 477 g/mol. The maximum atomic E-state index is 12.8. The molecule has 0 spiro atoms. The molecule has 0 saturated heterocycles. The molecule has 2 N–H and O–H groups in total. The SMILES string of the molecule is CC(C)Oc1cc(Oc2ccccc2)cc(C(=O)Nc2ncc(S(=O)(=O)CC(=O)O)s2)c1. The highest BCUT2D eigenvalue weighted by Gasteiger charge is 2.22. The van der Waals surface area contributed by atoms with E-state index in [0.717, 1.165) is 6.20 Å². The fourth-order valence-electron chi connectivity index (χ4n) is 2.59. The van der Waals surface area contributed by atoms with E-state index in [1.807, 2.05) is 32.0 Å². The molecule has 0 unspecified atom stereocenters. The Labute approximate surface area is 188 Å². The molecule has 1 aromatic heterocycles. The molecule has 0 atom stereocenters. The molecule has 0 radical (unpaired) electrons. The normalized spacial score (nSPS) is 11.2. The Hall–Kier alpha value is -3.44. The van der Waals surface area contributed by atoms with Crippen LogP contribution in [0, 0.1) is 0 Å². The van der Waals surface area contributed by atoms with Gasteiger partial charge in [0.1, 0.15) is 21.5 Å². The predicted molar refractivity (Wildman–Crippen MR) is 118 cm³/mol. The van der Waals surface area contributed by atoms with Gasteiger partial charge in [-0.05, 0) is 38.1 Å². The van der Waals surface area contributed by atoms with Crippen LogP contribution in [0.5, 0.6) is 17.2 Å². The number of anilines is 1. The number of thiazole rings is 1. The summed E-state index contributed by atoms with van der Waals surface area (Å²) in [5, 5.41) is 11.3. The molecular formula is C21H20N2O7S2. The van der Waals surface area contributed by atoms with Crippen molar-refractivity contribution in [3.8, 4) is 17.2 Å². The van der Waals surface area contributed by atoms with Crippen molar-refractivity contribution >= 4 is 38.2 Å². The summed E-state index contributed by atoms with van der Waals surface area (Å²) < 4.78 is 35.3. The molecule has 0 aliphatic heterocycles. The molecule has 0 aliphatic rings. The number of amides is 1. The van der Waals surface area contributed by atoms with Crippen molar-refractivity contribution in [3.63, 3.8) is 0 Å². The van der Waals surface area contributed by atoms with Crippen LogP contribution >= 0.6 is 11.3 Å². The molecule has 3 rings (SSSR count). The van der Waals surface area contributed by atoms with E-state index >= 15 is 0 Å². The maximum Gasteiger partial charge on any atom is 0.319 e. The van der Waals surface area contributed by atoms with Gasteiger partial charge in [0.15, 0.2) is 20.7 Å². The fraction of sp³-hybridized carbons (Fsp3) is 0.190. The lowest BCUT2D eigenvalue weighted by atomic mass is 10.2. The second-order valence-electron chi connectivity index (χ2n) is 6.87. The smallest absolute Gasteiger partial charge is 0.319 e. The molecular weight excluding hydrogens is 456 g/mol. The van der Waals surface area contributed by atoms with Crippen molar-refractivity contribution in [3.05, 3.63) is 60.3 Å². The van der Waals surface area contributed by atoms with Crippen LogP contribution in [-0.2, 0) is 14.6 Å². The third-order valence-corrected chi connectivity index (χ3v) is 6.88. The summed E-state index contributed by atoms with van der Waals surface area (Å²) in [5.41, 5.74) is 0.208. The number of carbonyl (C=O) groups excluding carboxylic acids is 1. The number of carboxylic acids is 1. The fourth-order valence-corrected chi connectivity index (χ4v) is 4.74. The number of aromatic nitrogens is 1. The van der Waals surface area contributed by atoms with Gasteiger partial charge in [-0.2, -0.15) is 0 Å². The number of nitrogens with one attached hydrogen (secondary N) is 1. The first kappa shape index (κ1) is 23.2. The number of carbonyl (C=O) groups is 2. The second kappa shape index (κ2) is 9.79. The van der Waals surface area contributed by atoms with Crippen LogP contribution in [0.3, 0.4) is 0 Å². The third kappa shape index (κ3) is 6.28. The van der Waals surface area contributed by atoms with E-state index in [1.165, 1.54) is 12.1 Å². The molecule has 9 nitrogen and oxygen atoms in total. The molecule has 0 aliphatic carbocycles. The van der Waals surface area contributed by atoms with Gasteiger partial charge < -0.3 is 14.6 Å². The number of nitrogens with zero attached hydrogens (tertiary/aromatic N) is 1. The Balaban J connectivity index is 1.84. The van der Waals surface area contributed by atoms with Crippen molar-refractivity contribution in [1.29, 1.82) is 0 Å². The van der Waals surface area contributed by atoms with E-state index < -0.39 is 27.5 Å². The lowest BCUT2D eigenvalue weighted by Crippen LogP contribution is -2.14. The molecule has 0 bridgehead atoms. The minimum atomic E-state index is -4.04. The zero-order valence-electron chi connectivity index (χ0n) is 17.1. The standard InChI is InChI=1S/C21H20N2O7S2/c1-13(2)29-16-8-14(9-17(10-16)30-15-6-4-3-5-7-15)20(26)23-21-22-11-19(31-21)32(27,28)12-18(24)25/h3-11,13H,12H2,1-2H3,(H,24,25)(H,22,23,26). The Morgan fingerprint density at radius 1 is 1.09 bits per heavy atom. The maximum absolute atomic E-state index is 12.8. The van der Waals surface area contributed by atoms with E-state index in [2.05, 4.69) is 10.3 Å². The highest BCUT2D eigenvalue weighted by Crippen LogP contribution is 2.29. The summed E-state index contributed by atoms with van der Waals surface area (Å²) in [4.78, 5) is 27.4.